The van der Waals surface area contributed by atoms with Gasteiger partial charge in [0.15, 0.2) is 0 Å². The Hall–Kier alpha value is -0.610. The van der Waals surface area contributed by atoms with Gasteiger partial charge in [0.1, 0.15) is 6.04 Å². The average Bonchev–Trinajstić information content (AvgIpc) is 2.22. The fourth-order valence-electron chi connectivity index (χ4n) is 3.03. The van der Waals surface area contributed by atoms with Gasteiger partial charge in [-0.2, -0.15) is 0 Å². The molecule has 100 valence electrons. The number of carboxylic acids is 1. The average molecular weight is 243 g/mol. The predicted octanol–water partition coefficient (Wildman–Crippen LogP) is 1.99. The molecule has 0 aliphatic carbocycles. The van der Waals surface area contributed by atoms with E-state index >= 15 is 0 Å². The number of likely N-dealkylation sites (tertiary alicyclic amines) is 1. The Balaban J connectivity index is 2.53. The molecule has 0 aromatic carbocycles. The van der Waals surface area contributed by atoms with Gasteiger partial charge in [-0.1, -0.05) is 26.7 Å². The van der Waals surface area contributed by atoms with E-state index in [0.717, 1.165) is 13.1 Å². The molecule has 0 spiro atoms. The Morgan fingerprint density at radius 1 is 1.35 bits per heavy atom. The Kier molecular flexibility index (Phi) is 5.40. The van der Waals surface area contributed by atoms with E-state index in [1.807, 2.05) is 4.90 Å². The van der Waals surface area contributed by atoms with Gasteiger partial charge in [-0.25, -0.2) is 0 Å². The van der Waals surface area contributed by atoms with Crippen LogP contribution in [-0.4, -0.2) is 48.8 Å². The molecule has 0 amide bonds. The summed E-state index contributed by atoms with van der Waals surface area (Å²) in [6.07, 6.45) is 4.76. The summed E-state index contributed by atoms with van der Waals surface area (Å²) < 4.78 is 4.99. The minimum Gasteiger partial charge on any atom is -0.480 e. The zero-order valence-corrected chi connectivity index (χ0v) is 11.2. The third-order valence-corrected chi connectivity index (χ3v) is 3.69. The Morgan fingerprint density at radius 3 is 2.24 bits per heavy atom. The second-order valence-electron chi connectivity index (χ2n) is 5.21. The maximum Gasteiger partial charge on any atom is 0.323 e. The lowest BCUT2D eigenvalue weighted by atomic mass is 9.72. The van der Waals surface area contributed by atoms with Gasteiger partial charge in [0.05, 0.1) is 6.61 Å². The fraction of sp³-hybridized carbons (Fsp3) is 0.923. The highest BCUT2D eigenvalue weighted by molar-refractivity contribution is 5.73. The van der Waals surface area contributed by atoms with Gasteiger partial charge in [0.2, 0.25) is 0 Å². The first-order valence-electron chi connectivity index (χ1n) is 6.54. The topological polar surface area (TPSA) is 49.8 Å². The normalized spacial score (nSPS) is 20.9. The molecule has 0 saturated carbocycles. The number of carbonyl (C=O) groups is 1. The standard InChI is InChI=1S/C13H25NO3/c1-4-6-13(7-5-2)9-14(10-13)11(8-17-3)12(15)16/h11H,4-10H2,1-3H3,(H,15,16). The fourth-order valence-corrected chi connectivity index (χ4v) is 3.03. The lowest BCUT2D eigenvalue weighted by Crippen LogP contribution is -2.62. The SMILES string of the molecule is CCCC1(CCC)CN(C(COC)C(=O)O)C1. The molecule has 17 heavy (non-hydrogen) atoms. The van der Waals surface area contributed by atoms with Crippen LogP contribution in [-0.2, 0) is 9.53 Å². The van der Waals surface area contributed by atoms with Gasteiger partial charge in [0.25, 0.3) is 0 Å². The van der Waals surface area contributed by atoms with Crippen LogP contribution in [0.1, 0.15) is 39.5 Å². The zero-order valence-electron chi connectivity index (χ0n) is 11.2. The van der Waals surface area contributed by atoms with Crippen molar-refractivity contribution in [3.63, 3.8) is 0 Å². The van der Waals surface area contributed by atoms with Crippen molar-refractivity contribution in [2.24, 2.45) is 5.41 Å². The first kappa shape index (κ1) is 14.5. The lowest BCUT2D eigenvalue weighted by molar-refractivity contribution is -0.153. The molecule has 4 nitrogen and oxygen atoms in total. The number of aliphatic carboxylic acids is 1. The van der Waals surface area contributed by atoms with Crippen molar-refractivity contribution in [3.8, 4) is 0 Å². The molecule has 1 aliphatic heterocycles. The maximum absolute atomic E-state index is 11.1. The van der Waals surface area contributed by atoms with E-state index in [9.17, 15) is 4.79 Å². The van der Waals surface area contributed by atoms with Crippen LogP contribution < -0.4 is 0 Å². The molecule has 1 N–H and O–H groups in total. The van der Waals surface area contributed by atoms with Crippen molar-refractivity contribution < 1.29 is 14.6 Å². The largest absolute Gasteiger partial charge is 0.480 e. The second-order valence-corrected chi connectivity index (χ2v) is 5.21. The smallest absolute Gasteiger partial charge is 0.323 e. The lowest BCUT2D eigenvalue weighted by Gasteiger charge is -2.52. The van der Waals surface area contributed by atoms with Crippen LogP contribution in [0.25, 0.3) is 0 Å². The summed E-state index contributed by atoms with van der Waals surface area (Å²) in [6, 6.07) is -0.471. The van der Waals surface area contributed by atoms with Crippen molar-refractivity contribution in [3.05, 3.63) is 0 Å². The maximum atomic E-state index is 11.1. The van der Waals surface area contributed by atoms with Crippen LogP contribution in [0.2, 0.25) is 0 Å². The molecule has 4 heteroatoms. The molecule has 0 radical (unpaired) electrons. The van der Waals surface area contributed by atoms with E-state index in [4.69, 9.17) is 9.84 Å². The van der Waals surface area contributed by atoms with Crippen LogP contribution in [0.15, 0.2) is 0 Å². The predicted molar refractivity (Wildman–Crippen MR) is 67.1 cm³/mol. The molecule has 1 heterocycles. The van der Waals surface area contributed by atoms with Crippen LogP contribution in [0.5, 0.6) is 0 Å². The molecule has 1 atom stereocenters. The third kappa shape index (κ3) is 3.42. The van der Waals surface area contributed by atoms with Crippen LogP contribution in [0.3, 0.4) is 0 Å². The molecule has 1 saturated heterocycles. The highest BCUT2D eigenvalue weighted by atomic mass is 16.5. The van der Waals surface area contributed by atoms with Crippen LogP contribution in [0, 0.1) is 5.41 Å². The van der Waals surface area contributed by atoms with Gasteiger partial charge in [-0.3, -0.25) is 9.69 Å². The molecular weight excluding hydrogens is 218 g/mol. The summed E-state index contributed by atoms with van der Waals surface area (Å²) in [5.74, 6) is -0.770. The van der Waals surface area contributed by atoms with Gasteiger partial charge in [-0.05, 0) is 18.3 Å². The number of hydrogen-bond donors (Lipinski definition) is 1. The molecule has 1 aliphatic rings. The Morgan fingerprint density at radius 2 is 1.88 bits per heavy atom. The third-order valence-electron chi connectivity index (χ3n) is 3.69. The Bertz CT molecular complexity index is 241. The monoisotopic (exact) mass is 243 g/mol. The van der Waals surface area contributed by atoms with Crippen molar-refractivity contribution >= 4 is 5.97 Å². The van der Waals surface area contributed by atoms with Crippen molar-refractivity contribution in [1.82, 2.24) is 4.90 Å². The number of rotatable bonds is 8. The van der Waals surface area contributed by atoms with E-state index in [2.05, 4.69) is 13.8 Å². The summed E-state index contributed by atoms with van der Waals surface area (Å²) in [6.45, 7) is 6.50. The van der Waals surface area contributed by atoms with Crippen molar-refractivity contribution in [1.29, 1.82) is 0 Å². The molecule has 0 aromatic rings. The van der Waals surface area contributed by atoms with E-state index in [-0.39, 0.29) is 6.61 Å². The van der Waals surface area contributed by atoms with E-state index in [1.54, 1.807) is 7.11 Å². The minimum absolute atomic E-state index is 0.281. The minimum atomic E-state index is -0.770. The summed E-state index contributed by atoms with van der Waals surface area (Å²) >= 11 is 0. The van der Waals surface area contributed by atoms with Crippen LogP contribution in [0.4, 0.5) is 0 Å². The highest BCUT2D eigenvalue weighted by Crippen LogP contribution is 2.40. The summed E-state index contributed by atoms with van der Waals surface area (Å²) in [5.41, 5.74) is 0.366. The number of nitrogens with zero attached hydrogens (tertiary/aromatic N) is 1. The molecule has 1 unspecified atom stereocenters. The van der Waals surface area contributed by atoms with Gasteiger partial charge in [0, 0.05) is 20.2 Å². The van der Waals surface area contributed by atoms with Crippen molar-refractivity contribution in [2.45, 2.75) is 45.6 Å². The van der Waals surface area contributed by atoms with Gasteiger partial charge >= 0.3 is 5.97 Å². The summed E-state index contributed by atoms with van der Waals surface area (Å²) in [5, 5.41) is 9.15. The summed E-state index contributed by atoms with van der Waals surface area (Å²) in [7, 11) is 1.56. The number of methoxy groups -OCH3 is 1. The van der Waals surface area contributed by atoms with Crippen molar-refractivity contribution in [2.75, 3.05) is 26.8 Å². The molecular formula is C13H25NO3. The zero-order chi connectivity index (χ0) is 12.9. The quantitative estimate of drug-likeness (QED) is 0.708. The van der Waals surface area contributed by atoms with Gasteiger partial charge < -0.3 is 9.84 Å². The first-order chi connectivity index (χ1) is 8.08. The molecule has 0 aromatic heterocycles. The number of ether oxygens (including phenoxy) is 1. The number of carboxylic acid groups (broad SMARTS) is 1. The van der Waals surface area contributed by atoms with E-state index < -0.39 is 12.0 Å². The summed E-state index contributed by atoms with van der Waals surface area (Å²) in [4.78, 5) is 13.2. The first-order valence-corrected chi connectivity index (χ1v) is 6.54. The van der Waals surface area contributed by atoms with E-state index in [0.29, 0.717) is 5.41 Å². The Labute approximate surface area is 104 Å². The molecule has 0 bridgehead atoms. The molecule has 1 rings (SSSR count). The van der Waals surface area contributed by atoms with E-state index in [1.165, 1.54) is 25.7 Å². The molecule has 1 fully saturated rings. The van der Waals surface area contributed by atoms with Gasteiger partial charge in [-0.15, -0.1) is 0 Å². The van der Waals surface area contributed by atoms with Crippen LogP contribution >= 0.6 is 0 Å². The second kappa shape index (κ2) is 6.36. The highest BCUT2D eigenvalue weighted by Gasteiger charge is 2.45. The number of hydrogen-bond acceptors (Lipinski definition) is 3.